The second kappa shape index (κ2) is 6.35. The van der Waals surface area contributed by atoms with Gasteiger partial charge in [-0.2, -0.15) is 0 Å². The van der Waals surface area contributed by atoms with Gasteiger partial charge in [-0.1, -0.05) is 26.3 Å². The van der Waals surface area contributed by atoms with Crippen LogP contribution in [0, 0.1) is 11.7 Å². The topological polar surface area (TPSA) is 55.1 Å². The minimum Gasteiger partial charge on any atom is -0.366 e. The Morgan fingerprint density at radius 3 is 2.76 bits per heavy atom. The van der Waals surface area contributed by atoms with Crippen LogP contribution in [0.2, 0.25) is 0 Å². The summed E-state index contributed by atoms with van der Waals surface area (Å²) in [7, 11) is 0. The van der Waals surface area contributed by atoms with Crippen LogP contribution < -0.4 is 11.1 Å². The summed E-state index contributed by atoms with van der Waals surface area (Å²) in [4.78, 5) is 10.8. The minimum atomic E-state index is -0.608. The number of nitrogens with two attached hydrogens (primary N) is 1. The van der Waals surface area contributed by atoms with Crippen molar-refractivity contribution in [3.63, 3.8) is 0 Å². The summed E-state index contributed by atoms with van der Waals surface area (Å²) in [6.07, 6.45) is 1.09. The zero-order valence-electron chi connectivity index (χ0n) is 10.3. The van der Waals surface area contributed by atoms with Crippen molar-refractivity contribution in [1.82, 2.24) is 5.32 Å². The van der Waals surface area contributed by atoms with Crippen molar-refractivity contribution in [3.05, 3.63) is 35.1 Å². The Kier molecular flexibility index (Phi) is 5.10. The zero-order valence-corrected chi connectivity index (χ0v) is 10.3. The second-order valence-electron chi connectivity index (χ2n) is 4.31. The Balaban J connectivity index is 2.57. The molecule has 3 nitrogen and oxygen atoms in total. The molecule has 1 aromatic carbocycles. The highest BCUT2D eigenvalue weighted by atomic mass is 19.1. The summed E-state index contributed by atoms with van der Waals surface area (Å²) >= 11 is 0. The van der Waals surface area contributed by atoms with Crippen molar-refractivity contribution < 1.29 is 9.18 Å². The van der Waals surface area contributed by atoms with Gasteiger partial charge in [-0.05, 0) is 24.6 Å². The third kappa shape index (κ3) is 4.15. The van der Waals surface area contributed by atoms with E-state index >= 15 is 0 Å². The highest BCUT2D eigenvalue weighted by Gasteiger charge is 2.07. The number of nitrogens with one attached hydrogen (secondary N) is 1. The van der Waals surface area contributed by atoms with Gasteiger partial charge < -0.3 is 11.1 Å². The fourth-order valence-corrected chi connectivity index (χ4v) is 1.44. The predicted molar refractivity (Wildman–Crippen MR) is 66.1 cm³/mol. The molecular formula is C13H19FN2O. The summed E-state index contributed by atoms with van der Waals surface area (Å²) in [6, 6.07) is 4.33. The molecule has 1 unspecified atom stereocenters. The number of hydrogen-bond acceptors (Lipinski definition) is 2. The van der Waals surface area contributed by atoms with Crippen LogP contribution in [-0.2, 0) is 6.54 Å². The highest BCUT2D eigenvalue weighted by Crippen LogP contribution is 2.10. The van der Waals surface area contributed by atoms with E-state index in [1.807, 2.05) is 0 Å². The maximum atomic E-state index is 13.6. The average molecular weight is 238 g/mol. The standard InChI is InChI=1S/C13H19FN2O/c1-3-9(2)7-16-8-11-5-4-10(13(15)17)6-12(11)14/h4-6,9,16H,3,7-8H2,1-2H3,(H2,15,17). The molecule has 4 heteroatoms. The van der Waals surface area contributed by atoms with Crippen LogP contribution in [0.4, 0.5) is 4.39 Å². The molecule has 0 saturated heterocycles. The SMILES string of the molecule is CCC(C)CNCc1ccc(C(N)=O)cc1F. The van der Waals surface area contributed by atoms with Gasteiger partial charge in [0.25, 0.3) is 0 Å². The molecule has 0 fully saturated rings. The lowest BCUT2D eigenvalue weighted by atomic mass is 10.1. The highest BCUT2D eigenvalue weighted by molar-refractivity contribution is 5.92. The predicted octanol–water partition coefficient (Wildman–Crippen LogP) is 2.06. The van der Waals surface area contributed by atoms with Crippen molar-refractivity contribution in [2.45, 2.75) is 26.8 Å². The van der Waals surface area contributed by atoms with Gasteiger partial charge in [-0.3, -0.25) is 4.79 Å². The van der Waals surface area contributed by atoms with Gasteiger partial charge in [-0.15, -0.1) is 0 Å². The molecule has 0 heterocycles. The number of amides is 1. The van der Waals surface area contributed by atoms with Crippen LogP contribution in [-0.4, -0.2) is 12.5 Å². The monoisotopic (exact) mass is 238 g/mol. The van der Waals surface area contributed by atoms with Gasteiger partial charge in [-0.25, -0.2) is 4.39 Å². The van der Waals surface area contributed by atoms with E-state index < -0.39 is 11.7 Å². The number of carbonyl (C=O) groups excluding carboxylic acids is 1. The second-order valence-corrected chi connectivity index (χ2v) is 4.31. The molecule has 1 aromatic rings. The molecule has 0 aliphatic rings. The number of benzene rings is 1. The van der Waals surface area contributed by atoms with Gasteiger partial charge in [0.1, 0.15) is 5.82 Å². The van der Waals surface area contributed by atoms with Crippen LogP contribution >= 0.6 is 0 Å². The number of hydrogen-bond donors (Lipinski definition) is 2. The summed E-state index contributed by atoms with van der Waals surface area (Å²) in [5.74, 6) is -0.427. The van der Waals surface area contributed by atoms with E-state index in [0.717, 1.165) is 13.0 Å². The van der Waals surface area contributed by atoms with Crippen molar-refractivity contribution in [2.75, 3.05) is 6.54 Å². The molecule has 1 atom stereocenters. The molecule has 0 radical (unpaired) electrons. The van der Waals surface area contributed by atoms with Gasteiger partial charge in [0.2, 0.25) is 5.91 Å². The normalized spacial score (nSPS) is 12.4. The molecule has 3 N–H and O–H groups in total. The van der Waals surface area contributed by atoms with Crippen LogP contribution in [0.15, 0.2) is 18.2 Å². The Morgan fingerprint density at radius 2 is 2.24 bits per heavy atom. The molecule has 1 rings (SSSR count). The van der Waals surface area contributed by atoms with Crippen molar-refractivity contribution in [3.8, 4) is 0 Å². The fourth-order valence-electron chi connectivity index (χ4n) is 1.44. The van der Waals surface area contributed by atoms with Crippen LogP contribution in [0.5, 0.6) is 0 Å². The largest absolute Gasteiger partial charge is 0.366 e. The molecule has 0 aliphatic carbocycles. The van der Waals surface area contributed by atoms with Gasteiger partial charge in [0.05, 0.1) is 0 Å². The zero-order chi connectivity index (χ0) is 12.8. The van der Waals surface area contributed by atoms with E-state index in [0.29, 0.717) is 18.0 Å². The Labute approximate surface area is 101 Å². The summed E-state index contributed by atoms with van der Waals surface area (Å²) in [5, 5.41) is 3.19. The van der Waals surface area contributed by atoms with E-state index in [2.05, 4.69) is 19.2 Å². The lowest BCUT2D eigenvalue weighted by Crippen LogP contribution is -2.21. The van der Waals surface area contributed by atoms with Crippen LogP contribution in [0.3, 0.4) is 0 Å². The van der Waals surface area contributed by atoms with E-state index in [1.54, 1.807) is 12.1 Å². The van der Waals surface area contributed by atoms with Crippen LogP contribution in [0.1, 0.15) is 36.2 Å². The van der Waals surface area contributed by atoms with Crippen molar-refractivity contribution >= 4 is 5.91 Å². The molecule has 17 heavy (non-hydrogen) atoms. The first-order chi connectivity index (χ1) is 8.04. The molecule has 94 valence electrons. The maximum absolute atomic E-state index is 13.6. The van der Waals surface area contributed by atoms with Gasteiger partial charge in [0, 0.05) is 17.7 Å². The van der Waals surface area contributed by atoms with Crippen molar-refractivity contribution in [2.24, 2.45) is 11.7 Å². The summed E-state index contributed by atoms with van der Waals surface area (Å²) in [5.41, 5.74) is 5.83. The van der Waals surface area contributed by atoms with Crippen LogP contribution in [0.25, 0.3) is 0 Å². The van der Waals surface area contributed by atoms with E-state index in [9.17, 15) is 9.18 Å². The van der Waals surface area contributed by atoms with Gasteiger partial charge >= 0.3 is 0 Å². The number of halogens is 1. The smallest absolute Gasteiger partial charge is 0.248 e. The number of carbonyl (C=O) groups is 1. The molecule has 0 saturated carbocycles. The summed E-state index contributed by atoms with van der Waals surface area (Å²) < 4.78 is 13.6. The Morgan fingerprint density at radius 1 is 1.53 bits per heavy atom. The molecule has 0 aromatic heterocycles. The maximum Gasteiger partial charge on any atom is 0.248 e. The fraction of sp³-hybridized carbons (Fsp3) is 0.462. The molecule has 0 aliphatic heterocycles. The Hall–Kier alpha value is -1.42. The van der Waals surface area contributed by atoms with Gasteiger partial charge in [0.15, 0.2) is 0 Å². The molecule has 0 spiro atoms. The first-order valence-electron chi connectivity index (χ1n) is 5.83. The van der Waals surface area contributed by atoms with E-state index in [1.165, 1.54) is 6.07 Å². The summed E-state index contributed by atoms with van der Waals surface area (Å²) in [6.45, 7) is 5.58. The first kappa shape index (κ1) is 13.6. The van der Waals surface area contributed by atoms with Crippen molar-refractivity contribution in [1.29, 1.82) is 0 Å². The third-order valence-corrected chi connectivity index (χ3v) is 2.84. The number of primary amides is 1. The molecular weight excluding hydrogens is 219 g/mol. The van der Waals surface area contributed by atoms with E-state index in [4.69, 9.17) is 5.73 Å². The lowest BCUT2D eigenvalue weighted by molar-refractivity contribution is 0.1000. The first-order valence-corrected chi connectivity index (χ1v) is 5.83. The molecule has 1 amide bonds. The quantitative estimate of drug-likeness (QED) is 0.797. The average Bonchev–Trinajstić information content (AvgIpc) is 2.30. The third-order valence-electron chi connectivity index (χ3n) is 2.84. The minimum absolute atomic E-state index is 0.202. The lowest BCUT2D eigenvalue weighted by Gasteiger charge is -2.10. The molecule has 0 bridgehead atoms. The Bertz CT molecular complexity index is 393. The number of rotatable bonds is 6. The van der Waals surface area contributed by atoms with E-state index in [-0.39, 0.29) is 5.56 Å².